The molecule has 26 heavy (non-hydrogen) atoms. The third-order valence-corrected chi connectivity index (χ3v) is 6.10. The predicted molar refractivity (Wildman–Crippen MR) is 103 cm³/mol. The maximum absolute atomic E-state index is 12.7. The van der Waals surface area contributed by atoms with E-state index in [9.17, 15) is 9.90 Å². The van der Waals surface area contributed by atoms with Gasteiger partial charge in [0, 0.05) is 18.0 Å². The first-order valence-electron chi connectivity index (χ1n) is 9.73. The van der Waals surface area contributed by atoms with Crippen LogP contribution in [0.25, 0.3) is 0 Å². The molecule has 0 radical (unpaired) electrons. The van der Waals surface area contributed by atoms with E-state index in [4.69, 9.17) is 0 Å². The first kappa shape index (κ1) is 17.3. The summed E-state index contributed by atoms with van der Waals surface area (Å²) in [4.78, 5) is 15.2. The van der Waals surface area contributed by atoms with E-state index in [-0.39, 0.29) is 17.5 Å². The summed E-state index contributed by atoms with van der Waals surface area (Å²) in [5.74, 6) is 1.23. The van der Waals surface area contributed by atoms with Crippen molar-refractivity contribution >= 4 is 5.78 Å². The number of nitrogens with zero attached hydrogens (tertiary/aromatic N) is 1. The zero-order valence-corrected chi connectivity index (χ0v) is 15.4. The summed E-state index contributed by atoms with van der Waals surface area (Å²) in [6, 6.07) is 14.3. The maximum Gasteiger partial charge on any atom is 0.166 e. The molecule has 1 aliphatic carbocycles. The van der Waals surface area contributed by atoms with Gasteiger partial charge >= 0.3 is 0 Å². The van der Waals surface area contributed by atoms with E-state index in [1.165, 1.54) is 18.4 Å². The quantitative estimate of drug-likeness (QED) is 0.892. The third-order valence-electron chi connectivity index (χ3n) is 6.10. The van der Waals surface area contributed by atoms with E-state index in [1.54, 1.807) is 6.07 Å². The maximum atomic E-state index is 12.7. The Kier molecular flexibility index (Phi) is 4.82. The van der Waals surface area contributed by atoms with Crippen LogP contribution >= 0.6 is 0 Å². The fourth-order valence-electron chi connectivity index (χ4n) is 4.55. The molecule has 3 heteroatoms. The smallest absolute Gasteiger partial charge is 0.166 e. The summed E-state index contributed by atoms with van der Waals surface area (Å²) >= 11 is 0. The SMILES string of the molecule is Cc1cc2c(cc1O)C(=O)C(CC1CCN(Cc3ccccc3)CC1)C2. The van der Waals surface area contributed by atoms with Crippen LogP contribution in [0.2, 0.25) is 0 Å². The van der Waals surface area contributed by atoms with Crippen molar-refractivity contribution < 1.29 is 9.90 Å². The molecule has 4 rings (SSSR count). The summed E-state index contributed by atoms with van der Waals surface area (Å²) in [6.45, 7) is 5.16. The molecule has 0 spiro atoms. The highest BCUT2D eigenvalue weighted by Gasteiger charge is 2.33. The minimum atomic E-state index is 0.108. The van der Waals surface area contributed by atoms with Gasteiger partial charge in [-0.1, -0.05) is 36.4 Å². The first-order chi connectivity index (χ1) is 12.6. The lowest BCUT2D eigenvalue weighted by Gasteiger charge is -2.32. The van der Waals surface area contributed by atoms with Gasteiger partial charge in [-0.3, -0.25) is 9.69 Å². The van der Waals surface area contributed by atoms with Gasteiger partial charge in [-0.2, -0.15) is 0 Å². The molecule has 136 valence electrons. The number of aromatic hydroxyl groups is 1. The summed E-state index contributed by atoms with van der Waals surface area (Å²) in [5.41, 5.74) is 4.12. The Balaban J connectivity index is 1.32. The fourth-order valence-corrected chi connectivity index (χ4v) is 4.55. The van der Waals surface area contributed by atoms with Crippen molar-refractivity contribution in [1.29, 1.82) is 0 Å². The molecule has 1 unspecified atom stereocenters. The molecule has 1 heterocycles. The zero-order chi connectivity index (χ0) is 18.1. The second-order valence-corrected chi connectivity index (χ2v) is 8.00. The van der Waals surface area contributed by atoms with E-state index in [0.29, 0.717) is 5.92 Å². The van der Waals surface area contributed by atoms with Crippen LogP contribution in [0.5, 0.6) is 5.75 Å². The molecule has 0 amide bonds. The summed E-state index contributed by atoms with van der Waals surface area (Å²) in [6.07, 6.45) is 4.19. The van der Waals surface area contributed by atoms with Gasteiger partial charge in [0.2, 0.25) is 0 Å². The molecule has 1 fully saturated rings. The second kappa shape index (κ2) is 7.24. The highest BCUT2D eigenvalue weighted by Crippen LogP contribution is 2.36. The third kappa shape index (κ3) is 3.54. The molecule has 2 aromatic rings. The van der Waals surface area contributed by atoms with Gasteiger partial charge in [0.1, 0.15) is 5.75 Å². The van der Waals surface area contributed by atoms with Crippen LogP contribution in [0, 0.1) is 18.8 Å². The van der Waals surface area contributed by atoms with Gasteiger partial charge in [0.25, 0.3) is 0 Å². The summed E-state index contributed by atoms with van der Waals surface area (Å²) in [5, 5.41) is 9.90. The van der Waals surface area contributed by atoms with Gasteiger partial charge in [-0.25, -0.2) is 0 Å². The minimum absolute atomic E-state index is 0.108. The number of piperidine rings is 1. The Morgan fingerprint density at radius 2 is 1.85 bits per heavy atom. The van der Waals surface area contributed by atoms with E-state index in [0.717, 1.165) is 49.2 Å². The lowest BCUT2D eigenvalue weighted by Crippen LogP contribution is -2.34. The molecule has 3 nitrogen and oxygen atoms in total. The molecular formula is C23H27NO2. The van der Waals surface area contributed by atoms with Crippen LogP contribution in [-0.2, 0) is 13.0 Å². The standard InChI is InChI=1S/C23H27NO2/c1-16-11-19-13-20(23(26)21(19)14-22(16)25)12-17-7-9-24(10-8-17)15-18-5-3-2-4-6-18/h2-6,11,14,17,20,25H,7-10,12-13,15H2,1H3. The zero-order valence-electron chi connectivity index (χ0n) is 15.4. The van der Waals surface area contributed by atoms with Gasteiger partial charge in [0.05, 0.1) is 0 Å². The lowest BCUT2D eigenvalue weighted by atomic mass is 9.85. The van der Waals surface area contributed by atoms with Crippen molar-refractivity contribution in [3.8, 4) is 5.75 Å². The topological polar surface area (TPSA) is 40.5 Å². The fraction of sp³-hybridized carbons (Fsp3) is 0.435. The molecule has 1 atom stereocenters. The average molecular weight is 349 g/mol. The first-order valence-corrected chi connectivity index (χ1v) is 9.73. The van der Waals surface area contributed by atoms with Crippen LogP contribution in [0.15, 0.2) is 42.5 Å². The van der Waals surface area contributed by atoms with Crippen molar-refractivity contribution in [2.75, 3.05) is 13.1 Å². The van der Waals surface area contributed by atoms with Crippen molar-refractivity contribution in [3.63, 3.8) is 0 Å². The molecular weight excluding hydrogens is 322 g/mol. The van der Waals surface area contributed by atoms with Crippen LogP contribution in [0.3, 0.4) is 0 Å². The number of rotatable bonds is 4. The molecule has 2 aliphatic rings. The minimum Gasteiger partial charge on any atom is -0.508 e. The second-order valence-electron chi connectivity index (χ2n) is 8.00. The number of hydrogen-bond donors (Lipinski definition) is 1. The van der Waals surface area contributed by atoms with Crippen molar-refractivity contribution in [3.05, 3.63) is 64.7 Å². The van der Waals surface area contributed by atoms with Gasteiger partial charge in [0.15, 0.2) is 5.78 Å². The Bertz CT molecular complexity index is 791. The number of ketones is 1. The van der Waals surface area contributed by atoms with Crippen LogP contribution < -0.4 is 0 Å². The number of likely N-dealkylation sites (tertiary alicyclic amines) is 1. The van der Waals surface area contributed by atoms with E-state index < -0.39 is 0 Å². The lowest BCUT2D eigenvalue weighted by molar-refractivity contribution is 0.0895. The summed E-state index contributed by atoms with van der Waals surface area (Å²) < 4.78 is 0. The van der Waals surface area contributed by atoms with Crippen LogP contribution in [0.1, 0.15) is 46.3 Å². The molecule has 1 saturated heterocycles. The highest BCUT2D eigenvalue weighted by molar-refractivity contribution is 6.02. The molecule has 0 aromatic heterocycles. The number of aryl methyl sites for hydroxylation is 1. The number of Topliss-reactive ketones (excluding diaryl/α,β-unsaturated/α-hetero) is 1. The van der Waals surface area contributed by atoms with E-state index >= 15 is 0 Å². The number of hydrogen-bond acceptors (Lipinski definition) is 3. The van der Waals surface area contributed by atoms with E-state index in [1.807, 2.05) is 13.0 Å². The molecule has 1 N–H and O–H groups in total. The van der Waals surface area contributed by atoms with Crippen molar-refractivity contribution in [2.45, 2.75) is 39.2 Å². The number of carbonyl (C=O) groups excluding carboxylic acids is 1. The summed E-state index contributed by atoms with van der Waals surface area (Å²) in [7, 11) is 0. The highest BCUT2D eigenvalue weighted by atomic mass is 16.3. The van der Waals surface area contributed by atoms with Crippen LogP contribution in [-0.4, -0.2) is 28.9 Å². The van der Waals surface area contributed by atoms with Crippen molar-refractivity contribution in [1.82, 2.24) is 4.90 Å². The Morgan fingerprint density at radius 3 is 2.58 bits per heavy atom. The molecule has 0 saturated carbocycles. The number of fused-ring (bicyclic) bond motifs is 1. The van der Waals surface area contributed by atoms with Gasteiger partial charge in [-0.15, -0.1) is 0 Å². The van der Waals surface area contributed by atoms with Crippen LogP contribution in [0.4, 0.5) is 0 Å². The Hall–Kier alpha value is -2.13. The molecule has 1 aliphatic heterocycles. The number of benzene rings is 2. The number of carbonyl (C=O) groups is 1. The Morgan fingerprint density at radius 1 is 1.12 bits per heavy atom. The average Bonchev–Trinajstić information content (AvgIpc) is 2.93. The number of phenols is 1. The normalized spacial score (nSPS) is 21.1. The molecule has 0 bridgehead atoms. The Labute approximate surface area is 155 Å². The van der Waals surface area contributed by atoms with E-state index in [2.05, 4.69) is 35.2 Å². The van der Waals surface area contributed by atoms with Gasteiger partial charge in [-0.05, 0) is 74.4 Å². The largest absolute Gasteiger partial charge is 0.508 e. The predicted octanol–water partition coefficient (Wildman–Crippen LogP) is 4.36. The monoisotopic (exact) mass is 349 g/mol. The van der Waals surface area contributed by atoms with Gasteiger partial charge < -0.3 is 5.11 Å². The number of phenolic OH excluding ortho intramolecular Hbond substituents is 1. The van der Waals surface area contributed by atoms with Crippen molar-refractivity contribution in [2.24, 2.45) is 11.8 Å². The molecule has 2 aromatic carbocycles.